The number of nitrogens with zero attached hydrogens (tertiary/aromatic N) is 1. The van der Waals surface area contributed by atoms with Crippen LogP contribution in [-0.2, 0) is 6.42 Å². The van der Waals surface area contributed by atoms with Crippen LogP contribution in [0.15, 0.2) is 48.5 Å². The Balaban J connectivity index is 1.52. The summed E-state index contributed by atoms with van der Waals surface area (Å²) < 4.78 is 0. The molecule has 1 fully saturated rings. The normalized spacial score (nSPS) is 14.1. The minimum Gasteiger partial charge on any atom is -0.352 e. The van der Waals surface area contributed by atoms with Crippen LogP contribution >= 0.6 is 11.6 Å². The Morgan fingerprint density at radius 3 is 2.35 bits per heavy atom. The Labute approximate surface area is 159 Å². The van der Waals surface area contributed by atoms with Gasteiger partial charge in [-0.25, -0.2) is 0 Å². The maximum atomic E-state index is 12.5. The van der Waals surface area contributed by atoms with E-state index in [0.717, 1.165) is 37.9 Å². The van der Waals surface area contributed by atoms with E-state index in [1.807, 2.05) is 29.2 Å². The summed E-state index contributed by atoms with van der Waals surface area (Å²) in [6.07, 6.45) is 4.05. The van der Waals surface area contributed by atoms with Crippen molar-refractivity contribution >= 4 is 23.4 Å². The molecule has 136 valence electrons. The number of hydrogen-bond donors (Lipinski definition) is 1. The van der Waals surface area contributed by atoms with Gasteiger partial charge in [-0.3, -0.25) is 9.59 Å². The Morgan fingerprint density at radius 2 is 1.65 bits per heavy atom. The number of likely N-dealkylation sites (tertiary alicyclic amines) is 1. The monoisotopic (exact) mass is 370 g/mol. The van der Waals surface area contributed by atoms with Crippen LogP contribution in [0.25, 0.3) is 0 Å². The molecule has 0 bridgehead atoms. The number of carbonyl (C=O) groups is 2. The predicted molar refractivity (Wildman–Crippen MR) is 104 cm³/mol. The third-order valence-electron chi connectivity index (χ3n) is 4.63. The van der Waals surface area contributed by atoms with Crippen molar-refractivity contribution in [2.45, 2.75) is 25.7 Å². The summed E-state index contributed by atoms with van der Waals surface area (Å²) in [4.78, 5) is 26.6. The highest BCUT2D eigenvalue weighted by atomic mass is 35.5. The molecule has 5 heteroatoms. The van der Waals surface area contributed by atoms with Crippen molar-refractivity contribution in [1.29, 1.82) is 0 Å². The molecule has 26 heavy (non-hydrogen) atoms. The van der Waals surface area contributed by atoms with Gasteiger partial charge in [-0.15, -0.1) is 0 Å². The van der Waals surface area contributed by atoms with Gasteiger partial charge in [-0.1, -0.05) is 23.7 Å². The van der Waals surface area contributed by atoms with E-state index in [1.54, 1.807) is 24.3 Å². The van der Waals surface area contributed by atoms with E-state index in [9.17, 15) is 9.59 Å². The smallest absolute Gasteiger partial charge is 0.253 e. The third kappa shape index (κ3) is 4.85. The molecule has 0 unspecified atom stereocenters. The molecule has 0 radical (unpaired) electrons. The van der Waals surface area contributed by atoms with E-state index >= 15 is 0 Å². The Morgan fingerprint density at radius 1 is 0.962 bits per heavy atom. The Hall–Kier alpha value is -2.33. The standard InChI is InChI=1S/C21H23ClN2O2/c22-19-6-4-5-16(15-19)11-12-23-20(25)17-7-9-18(10-8-17)21(26)24-13-2-1-3-14-24/h4-10,15H,1-3,11-14H2,(H,23,25). The molecule has 0 spiro atoms. The van der Waals surface area contributed by atoms with Crippen LogP contribution in [0.1, 0.15) is 45.5 Å². The van der Waals surface area contributed by atoms with Crippen molar-refractivity contribution in [2.24, 2.45) is 0 Å². The molecule has 4 nitrogen and oxygen atoms in total. The van der Waals surface area contributed by atoms with Crippen molar-refractivity contribution in [1.82, 2.24) is 10.2 Å². The van der Waals surface area contributed by atoms with Gasteiger partial charge in [0.15, 0.2) is 0 Å². The van der Waals surface area contributed by atoms with Gasteiger partial charge in [0, 0.05) is 35.8 Å². The number of halogens is 1. The summed E-state index contributed by atoms with van der Waals surface area (Å²) in [5.74, 6) is -0.0818. The largest absolute Gasteiger partial charge is 0.352 e. The minimum absolute atomic E-state index is 0.0533. The topological polar surface area (TPSA) is 49.4 Å². The van der Waals surface area contributed by atoms with Crippen LogP contribution in [0.2, 0.25) is 5.02 Å². The summed E-state index contributed by atoms with van der Waals surface area (Å²) in [5, 5.41) is 3.60. The van der Waals surface area contributed by atoms with E-state index in [0.29, 0.717) is 22.7 Å². The second-order valence-electron chi connectivity index (χ2n) is 6.57. The summed E-state index contributed by atoms with van der Waals surface area (Å²) in [5.41, 5.74) is 2.29. The lowest BCUT2D eigenvalue weighted by molar-refractivity contribution is 0.0723. The first-order valence-electron chi connectivity index (χ1n) is 9.05. The van der Waals surface area contributed by atoms with Crippen molar-refractivity contribution < 1.29 is 9.59 Å². The predicted octanol–water partition coefficient (Wildman–Crippen LogP) is 3.94. The van der Waals surface area contributed by atoms with Crippen LogP contribution in [0.3, 0.4) is 0 Å². The fraction of sp³-hybridized carbons (Fsp3) is 0.333. The minimum atomic E-state index is -0.135. The van der Waals surface area contributed by atoms with Crippen molar-refractivity contribution in [3.8, 4) is 0 Å². The van der Waals surface area contributed by atoms with Crippen molar-refractivity contribution in [3.63, 3.8) is 0 Å². The lowest BCUT2D eigenvalue weighted by Gasteiger charge is -2.26. The fourth-order valence-electron chi connectivity index (χ4n) is 3.16. The van der Waals surface area contributed by atoms with Crippen molar-refractivity contribution in [3.05, 3.63) is 70.2 Å². The molecule has 1 aliphatic rings. The molecule has 2 amide bonds. The van der Waals surface area contributed by atoms with Gasteiger partial charge < -0.3 is 10.2 Å². The van der Waals surface area contributed by atoms with Crippen LogP contribution in [-0.4, -0.2) is 36.3 Å². The SMILES string of the molecule is O=C(NCCc1cccc(Cl)c1)c1ccc(C(=O)N2CCCCC2)cc1. The summed E-state index contributed by atoms with van der Waals surface area (Å²) in [6.45, 7) is 2.18. The van der Waals surface area contributed by atoms with E-state index in [4.69, 9.17) is 11.6 Å². The van der Waals surface area contributed by atoms with Gasteiger partial charge in [0.1, 0.15) is 0 Å². The van der Waals surface area contributed by atoms with E-state index in [2.05, 4.69) is 5.32 Å². The first kappa shape index (κ1) is 18.5. The van der Waals surface area contributed by atoms with Crippen LogP contribution < -0.4 is 5.32 Å². The summed E-state index contributed by atoms with van der Waals surface area (Å²) in [6, 6.07) is 14.5. The van der Waals surface area contributed by atoms with Gasteiger partial charge >= 0.3 is 0 Å². The third-order valence-corrected chi connectivity index (χ3v) is 4.86. The van der Waals surface area contributed by atoms with E-state index in [-0.39, 0.29) is 11.8 Å². The number of rotatable bonds is 5. The van der Waals surface area contributed by atoms with Gasteiger partial charge in [0.25, 0.3) is 11.8 Å². The molecule has 0 aromatic heterocycles. The molecule has 2 aromatic carbocycles. The molecule has 1 N–H and O–H groups in total. The number of hydrogen-bond acceptors (Lipinski definition) is 2. The molecule has 3 rings (SSSR count). The van der Waals surface area contributed by atoms with Crippen LogP contribution in [0, 0.1) is 0 Å². The van der Waals surface area contributed by atoms with Gasteiger partial charge in [0.05, 0.1) is 0 Å². The second kappa shape index (κ2) is 8.86. The first-order valence-corrected chi connectivity index (χ1v) is 9.43. The lowest BCUT2D eigenvalue weighted by atomic mass is 10.1. The second-order valence-corrected chi connectivity index (χ2v) is 7.00. The van der Waals surface area contributed by atoms with E-state index in [1.165, 1.54) is 6.42 Å². The highest BCUT2D eigenvalue weighted by Gasteiger charge is 2.18. The zero-order chi connectivity index (χ0) is 18.4. The molecule has 1 heterocycles. The van der Waals surface area contributed by atoms with Crippen molar-refractivity contribution in [2.75, 3.05) is 19.6 Å². The molecular formula is C21H23ClN2O2. The average Bonchev–Trinajstić information content (AvgIpc) is 2.68. The van der Waals surface area contributed by atoms with Gasteiger partial charge in [0.2, 0.25) is 0 Å². The molecule has 2 aromatic rings. The molecule has 0 atom stereocenters. The maximum Gasteiger partial charge on any atom is 0.253 e. The molecule has 1 aliphatic heterocycles. The van der Waals surface area contributed by atoms with E-state index < -0.39 is 0 Å². The summed E-state index contributed by atoms with van der Waals surface area (Å²) in [7, 11) is 0. The van der Waals surface area contributed by atoms with Gasteiger partial charge in [-0.2, -0.15) is 0 Å². The quantitative estimate of drug-likeness (QED) is 0.866. The fourth-order valence-corrected chi connectivity index (χ4v) is 3.37. The van der Waals surface area contributed by atoms with Crippen LogP contribution in [0.5, 0.6) is 0 Å². The highest BCUT2D eigenvalue weighted by Crippen LogP contribution is 2.14. The zero-order valence-corrected chi connectivity index (χ0v) is 15.5. The highest BCUT2D eigenvalue weighted by molar-refractivity contribution is 6.30. The number of piperidine rings is 1. The number of carbonyl (C=O) groups excluding carboxylic acids is 2. The van der Waals surface area contributed by atoms with Gasteiger partial charge in [-0.05, 0) is 67.6 Å². The number of benzene rings is 2. The Kier molecular flexibility index (Phi) is 6.29. The number of amides is 2. The molecule has 0 aliphatic carbocycles. The number of nitrogens with one attached hydrogen (secondary N) is 1. The lowest BCUT2D eigenvalue weighted by Crippen LogP contribution is -2.35. The first-order chi connectivity index (χ1) is 12.6. The maximum absolute atomic E-state index is 12.5. The Bertz CT molecular complexity index is 768. The molecular weight excluding hydrogens is 348 g/mol. The van der Waals surface area contributed by atoms with Crippen LogP contribution in [0.4, 0.5) is 0 Å². The average molecular weight is 371 g/mol. The zero-order valence-electron chi connectivity index (χ0n) is 14.7. The molecule has 1 saturated heterocycles. The molecule has 0 saturated carbocycles. The summed E-state index contributed by atoms with van der Waals surface area (Å²) >= 11 is 5.96.